The maximum atomic E-state index is 12.4. The summed E-state index contributed by atoms with van der Waals surface area (Å²) in [6, 6.07) is 7.77. The number of Topliss-reactive ketones (excluding diaryl/α,β-unsaturated/α-hetero) is 1. The number of nitriles is 1. The van der Waals surface area contributed by atoms with Crippen LogP contribution in [0, 0.1) is 17.2 Å². The van der Waals surface area contributed by atoms with Gasteiger partial charge in [-0.2, -0.15) is 14.0 Å². The van der Waals surface area contributed by atoms with Crippen molar-refractivity contribution in [2.75, 3.05) is 0 Å². The first-order valence-corrected chi connectivity index (χ1v) is 7.10. The van der Waals surface area contributed by atoms with E-state index in [9.17, 15) is 18.8 Å². The normalized spacial score (nSPS) is 17.2. The molecule has 112 valence electrons. The molecular weight excluding hydrogens is 276 g/mol. The van der Waals surface area contributed by atoms with Crippen molar-refractivity contribution in [2.45, 2.75) is 44.6 Å². The second-order valence-corrected chi connectivity index (χ2v) is 5.25. The molecule has 0 spiro atoms. The maximum Gasteiger partial charge on any atom is 0.387 e. The number of rotatable bonds is 5. The Bertz CT molecular complexity index is 516. The summed E-state index contributed by atoms with van der Waals surface area (Å²) >= 11 is 0. The Labute approximate surface area is 122 Å². The molecule has 1 unspecified atom stereocenters. The van der Waals surface area contributed by atoms with E-state index in [0.29, 0.717) is 5.56 Å². The van der Waals surface area contributed by atoms with Gasteiger partial charge >= 0.3 is 6.61 Å². The van der Waals surface area contributed by atoms with Crippen LogP contribution in [-0.2, 0) is 4.79 Å². The van der Waals surface area contributed by atoms with Crippen molar-refractivity contribution >= 4 is 5.78 Å². The number of carbonyl (C=O) groups is 1. The number of carbonyl (C=O) groups excluding carboxylic acids is 1. The molecule has 0 N–H and O–H groups in total. The van der Waals surface area contributed by atoms with E-state index in [1.54, 1.807) is 0 Å². The van der Waals surface area contributed by atoms with Gasteiger partial charge in [-0.25, -0.2) is 0 Å². The lowest BCUT2D eigenvalue weighted by molar-refractivity contribution is -0.124. The lowest BCUT2D eigenvalue weighted by Gasteiger charge is -2.22. The molecule has 0 aromatic heterocycles. The average Bonchev–Trinajstić information content (AvgIpc) is 2.50. The average molecular weight is 293 g/mol. The number of ether oxygens (including phenoxy) is 1. The molecule has 0 saturated heterocycles. The van der Waals surface area contributed by atoms with Gasteiger partial charge in [-0.15, -0.1) is 0 Å². The SMILES string of the molecule is N#CC(C(=O)C1CCCCC1)c1ccc(OC(F)F)cc1. The van der Waals surface area contributed by atoms with Gasteiger partial charge in [-0.1, -0.05) is 31.4 Å². The number of hydrogen-bond donors (Lipinski definition) is 0. The van der Waals surface area contributed by atoms with Gasteiger partial charge < -0.3 is 4.74 Å². The highest BCUT2D eigenvalue weighted by Crippen LogP contribution is 2.30. The number of ketones is 1. The lowest BCUT2D eigenvalue weighted by atomic mass is 9.80. The van der Waals surface area contributed by atoms with Crippen LogP contribution in [0.2, 0.25) is 0 Å². The van der Waals surface area contributed by atoms with E-state index in [0.717, 1.165) is 32.1 Å². The van der Waals surface area contributed by atoms with E-state index in [2.05, 4.69) is 4.74 Å². The first-order chi connectivity index (χ1) is 10.1. The first-order valence-electron chi connectivity index (χ1n) is 7.10. The summed E-state index contributed by atoms with van der Waals surface area (Å²) in [5, 5.41) is 9.27. The first kappa shape index (κ1) is 15.4. The van der Waals surface area contributed by atoms with Crippen molar-refractivity contribution in [3.8, 4) is 11.8 Å². The van der Waals surface area contributed by atoms with Crippen LogP contribution in [0.15, 0.2) is 24.3 Å². The van der Waals surface area contributed by atoms with E-state index in [1.807, 2.05) is 6.07 Å². The third-order valence-corrected chi connectivity index (χ3v) is 3.86. The Kier molecular flexibility index (Phi) is 5.26. The van der Waals surface area contributed by atoms with E-state index >= 15 is 0 Å². The lowest BCUT2D eigenvalue weighted by Crippen LogP contribution is -2.23. The topological polar surface area (TPSA) is 50.1 Å². The standard InChI is InChI=1S/C16H17F2NO2/c17-16(18)21-13-8-6-11(7-9-13)14(10-19)15(20)12-4-2-1-3-5-12/h6-9,12,14,16H,1-5H2. The molecule has 1 aliphatic carbocycles. The van der Waals surface area contributed by atoms with Gasteiger partial charge in [-0.05, 0) is 30.5 Å². The predicted molar refractivity (Wildman–Crippen MR) is 73.0 cm³/mol. The van der Waals surface area contributed by atoms with E-state index in [-0.39, 0.29) is 17.5 Å². The highest BCUT2D eigenvalue weighted by molar-refractivity contribution is 5.90. The Hall–Kier alpha value is -1.96. The monoisotopic (exact) mass is 293 g/mol. The fraction of sp³-hybridized carbons (Fsp3) is 0.500. The maximum absolute atomic E-state index is 12.4. The van der Waals surface area contributed by atoms with Crippen molar-refractivity contribution in [1.29, 1.82) is 5.26 Å². The van der Waals surface area contributed by atoms with Crippen LogP contribution in [0.25, 0.3) is 0 Å². The van der Waals surface area contributed by atoms with E-state index < -0.39 is 12.5 Å². The van der Waals surface area contributed by atoms with Crippen molar-refractivity contribution < 1.29 is 18.3 Å². The van der Waals surface area contributed by atoms with Gasteiger partial charge in [-0.3, -0.25) is 4.79 Å². The molecular formula is C16H17F2NO2. The zero-order valence-electron chi connectivity index (χ0n) is 11.6. The Morgan fingerprint density at radius 3 is 2.33 bits per heavy atom. The third-order valence-electron chi connectivity index (χ3n) is 3.86. The number of nitrogens with zero attached hydrogens (tertiary/aromatic N) is 1. The van der Waals surface area contributed by atoms with Gasteiger partial charge in [0.15, 0.2) is 5.78 Å². The molecule has 3 nitrogen and oxygen atoms in total. The molecule has 2 rings (SSSR count). The summed E-state index contributed by atoms with van der Waals surface area (Å²) in [5.74, 6) is -0.913. The summed E-state index contributed by atoms with van der Waals surface area (Å²) in [7, 11) is 0. The number of benzene rings is 1. The molecule has 1 fully saturated rings. The molecule has 1 aromatic rings. The fourth-order valence-corrected chi connectivity index (χ4v) is 2.77. The van der Waals surface area contributed by atoms with Crippen LogP contribution < -0.4 is 4.74 Å². The van der Waals surface area contributed by atoms with E-state index in [4.69, 9.17) is 0 Å². The van der Waals surface area contributed by atoms with Gasteiger partial charge in [0.1, 0.15) is 11.7 Å². The number of halogens is 2. The van der Waals surface area contributed by atoms with Crippen LogP contribution in [0.1, 0.15) is 43.6 Å². The summed E-state index contributed by atoms with van der Waals surface area (Å²) in [4.78, 5) is 12.4. The number of alkyl halides is 2. The molecule has 1 aromatic carbocycles. The molecule has 5 heteroatoms. The number of hydrogen-bond acceptors (Lipinski definition) is 3. The summed E-state index contributed by atoms with van der Waals surface area (Å²) in [6.45, 7) is -2.88. The molecule has 0 radical (unpaired) electrons. The fourth-order valence-electron chi connectivity index (χ4n) is 2.77. The van der Waals surface area contributed by atoms with Crippen LogP contribution in [0.4, 0.5) is 8.78 Å². The second-order valence-electron chi connectivity index (χ2n) is 5.25. The van der Waals surface area contributed by atoms with E-state index in [1.165, 1.54) is 24.3 Å². The molecule has 0 bridgehead atoms. The van der Waals surface area contributed by atoms with Crippen molar-refractivity contribution in [3.63, 3.8) is 0 Å². The van der Waals surface area contributed by atoms with Crippen LogP contribution in [0.5, 0.6) is 5.75 Å². The molecule has 1 saturated carbocycles. The highest BCUT2D eigenvalue weighted by atomic mass is 19.3. The molecule has 21 heavy (non-hydrogen) atoms. The second kappa shape index (κ2) is 7.16. The molecule has 1 aliphatic rings. The van der Waals surface area contributed by atoms with Crippen LogP contribution in [0.3, 0.4) is 0 Å². The highest BCUT2D eigenvalue weighted by Gasteiger charge is 2.29. The van der Waals surface area contributed by atoms with Crippen LogP contribution in [-0.4, -0.2) is 12.4 Å². The van der Waals surface area contributed by atoms with Crippen molar-refractivity contribution in [2.24, 2.45) is 5.92 Å². The molecule has 0 heterocycles. The molecule has 0 amide bonds. The Balaban J connectivity index is 2.09. The summed E-state index contributed by atoms with van der Waals surface area (Å²) in [6.07, 6.45) is 4.86. The van der Waals surface area contributed by atoms with Crippen molar-refractivity contribution in [1.82, 2.24) is 0 Å². The van der Waals surface area contributed by atoms with Crippen molar-refractivity contribution in [3.05, 3.63) is 29.8 Å². The van der Waals surface area contributed by atoms with Gasteiger partial charge in [0.2, 0.25) is 0 Å². The zero-order valence-corrected chi connectivity index (χ0v) is 11.6. The quantitative estimate of drug-likeness (QED) is 0.823. The third kappa shape index (κ3) is 4.01. The van der Waals surface area contributed by atoms with Gasteiger partial charge in [0.05, 0.1) is 6.07 Å². The minimum absolute atomic E-state index is 0.0237. The minimum atomic E-state index is -2.88. The molecule has 1 atom stereocenters. The predicted octanol–water partition coefficient (Wildman–Crippen LogP) is 4.04. The van der Waals surface area contributed by atoms with Crippen LogP contribution >= 0.6 is 0 Å². The summed E-state index contributed by atoms with van der Waals surface area (Å²) < 4.78 is 28.4. The molecule has 0 aliphatic heterocycles. The Morgan fingerprint density at radius 2 is 1.81 bits per heavy atom. The largest absolute Gasteiger partial charge is 0.435 e. The minimum Gasteiger partial charge on any atom is -0.435 e. The Morgan fingerprint density at radius 1 is 1.19 bits per heavy atom. The zero-order chi connectivity index (χ0) is 15.2. The smallest absolute Gasteiger partial charge is 0.387 e. The van der Waals surface area contributed by atoms with Gasteiger partial charge in [0.25, 0.3) is 0 Å². The van der Waals surface area contributed by atoms with Gasteiger partial charge in [0, 0.05) is 5.92 Å². The summed E-state index contributed by atoms with van der Waals surface area (Å²) in [5.41, 5.74) is 0.537.